The molecule has 96 valence electrons. The fourth-order valence-corrected chi connectivity index (χ4v) is 4.06. The molecule has 1 aromatic heterocycles. The van der Waals surface area contributed by atoms with Gasteiger partial charge >= 0.3 is 0 Å². The lowest BCUT2D eigenvalue weighted by atomic mass is 10.3. The highest BCUT2D eigenvalue weighted by Crippen LogP contribution is 2.26. The molecule has 4 nitrogen and oxygen atoms in total. The molecule has 0 unspecified atom stereocenters. The topological polar surface area (TPSA) is 66.4 Å². The van der Waals surface area contributed by atoms with Gasteiger partial charge in [-0.25, -0.2) is 8.42 Å². The van der Waals surface area contributed by atoms with Crippen molar-refractivity contribution in [2.45, 2.75) is 11.5 Å². The average Bonchev–Trinajstić information content (AvgIpc) is 2.81. The molecule has 0 radical (unpaired) electrons. The van der Waals surface area contributed by atoms with Crippen LogP contribution in [-0.4, -0.2) is 13.5 Å². The molecule has 0 atom stereocenters. The SMILES string of the molecule is O=S(=O)(Nc1ccccc1Br)c1csc(CO)c1. The third kappa shape index (κ3) is 2.92. The summed E-state index contributed by atoms with van der Waals surface area (Å²) in [5.74, 6) is 0. The number of halogens is 1. The highest BCUT2D eigenvalue weighted by atomic mass is 79.9. The molecule has 0 bridgehead atoms. The zero-order chi connectivity index (χ0) is 13.2. The van der Waals surface area contributed by atoms with E-state index in [4.69, 9.17) is 5.11 Å². The minimum Gasteiger partial charge on any atom is -0.391 e. The lowest BCUT2D eigenvalue weighted by molar-refractivity contribution is 0.285. The maximum Gasteiger partial charge on any atom is 0.262 e. The molecule has 0 saturated carbocycles. The molecule has 0 aliphatic carbocycles. The molecule has 2 aromatic rings. The summed E-state index contributed by atoms with van der Waals surface area (Å²) in [5, 5.41) is 10.4. The summed E-state index contributed by atoms with van der Waals surface area (Å²) in [6.07, 6.45) is 0. The van der Waals surface area contributed by atoms with Gasteiger partial charge in [-0.2, -0.15) is 0 Å². The Kier molecular flexibility index (Phi) is 4.06. The zero-order valence-corrected chi connectivity index (χ0v) is 12.3. The quantitative estimate of drug-likeness (QED) is 0.893. The van der Waals surface area contributed by atoms with Crippen molar-refractivity contribution in [1.29, 1.82) is 0 Å². The molecule has 1 heterocycles. The summed E-state index contributed by atoms with van der Waals surface area (Å²) in [5.41, 5.74) is 0.481. The highest BCUT2D eigenvalue weighted by Gasteiger charge is 2.17. The van der Waals surface area contributed by atoms with Crippen molar-refractivity contribution in [2.75, 3.05) is 4.72 Å². The van der Waals surface area contributed by atoms with Crippen molar-refractivity contribution in [3.05, 3.63) is 45.1 Å². The number of anilines is 1. The van der Waals surface area contributed by atoms with Crippen molar-refractivity contribution < 1.29 is 13.5 Å². The van der Waals surface area contributed by atoms with Crippen molar-refractivity contribution >= 4 is 43.0 Å². The van der Waals surface area contributed by atoms with Crippen molar-refractivity contribution in [1.82, 2.24) is 0 Å². The van der Waals surface area contributed by atoms with Gasteiger partial charge in [-0.15, -0.1) is 11.3 Å². The molecule has 1 aromatic carbocycles. The third-order valence-electron chi connectivity index (χ3n) is 2.21. The number of nitrogens with one attached hydrogen (secondary N) is 1. The first-order valence-corrected chi connectivity index (χ1v) is 8.14. The van der Waals surface area contributed by atoms with Gasteiger partial charge in [0, 0.05) is 14.7 Å². The highest BCUT2D eigenvalue weighted by molar-refractivity contribution is 9.10. The van der Waals surface area contributed by atoms with Crippen molar-refractivity contribution in [3.63, 3.8) is 0 Å². The van der Waals surface area contributed by atoms with Crippen LogP contribution in [0.15, 0.2) is 45.1 Å². The van der Waals surface area contributed by atoms with Crippen LogP contribution in [0.1, 0.15) is 4.88 Å². The number of aliphatic hydroxyl groups is 1. The van der Waals surface area contributed by atoms with E-state index in [9.17, 15) is 8.42 Å². The number of para-hydroxylation sites is 1. The fraction of sp³-hybridized carbons (Fsp3) is 0.0909. The smallest absolute Gasteiger partial charge is 0.262 e. The van der Waals surface area contributed by atoms with Crippen LogP contribution in [0, 0.1) is 0 Å². The van der Waals surface area contributed by atoms with Gasteiger partial charge in [-0.05, 0) is 34.1 Å². The van der Waals surface area contributed by atoms with E-state index in [0.717, 1.165) is 0 Å². The van der Waals surface area contributed by atoms with Crippen molar-refractivity contribution in [2.24, 2.45) is 0 Å². The van der Waals surface area contributed by atoms with E-state index < -0.39 is 10.0 Å². The molecule has 0 fully saturated rings. The standard InChI is InChI=1S/C11H10BrNO3S2/c12-10-3-1-2-4-11(10)13-18(15,16)9-5-8(6-14)17-7-9/h1-5,7,13-14H,6H2. The van der Waals surface area contributed by atoms with Gasteiger partial charge in [-0.1, -0.05) is 12.1 Å². The molecule has 2 N–H and O–H groups in total. The van der Waals surface area contributed by atoms with E-state index in [1.165, 1.54) is 22.8 Å². The molecule has 2 rings (SSSR count). The van der Waals surface area contributed by atoms with E-state index >= 15 is 0 Å². The Morgan fingerprint density at radius 3 is 2.67 bits per heavy atom. The number of hydrogen-bond donors (Lipinski definition) is 2. The Bertz CT molecular complexity index is 652. The van der Waals surface area contributed by atoms with Gasteiger partial charge in [0.15, 0.2) is 0 Å². The maximum atomic E-state index is 12.1. The average molecular weight is 348 g/mol. The number of thiophene rings is 1. The van der Waals surface area contributed by atoms with Crippen LogP contribution < -0.4 is 4.72 Å². The molecule has 18 heavy (non-hydrogen) atoms. The van der Waals surface area contributed by atoms with Crippen LogP contribution in [0.25, 0.3) is 0 Å². The number of aliphatic hydroxyl groups excluding tert-OH is 1. The van der Waals surface area contributed by atoms with E-state index in [2.05, 4.69) is 20.7 Å². The Hall–Kier alpha value is -0.890. The molecule has 0 spiro atoms. The van der Waals surface area contributed by atoms with E-state index in [1.54, 1.807) is 24.3 Å². The molecule has 7 heteroatoms. The van der Waals surface area contributed by atoms with Crippen LogP contribution >= 0.6 is 27.3 Å². The second-order valence-electron chi connectivity index (χ2n) is 3.49. The minimum atomic E-state index is -3.61. The molecule has 0 aliphatic heterocycles. The minimum absolute atomic E-state index is 0.158. The first-order valence-electron chi connectivity index (χ1n) is 4.98. The molecule has 0 amide bonds. The Labute approximate surface area is 117 Å². The predicted molar refractivity (Wildman–Crippen MR) is 75.2 cm³/mol. The number of hydrogen-bond acceptors (Lipinski definition) is 4. The van der Waals surface area contributed by atoms with Crippen molar-refractivity contribution in [3.8, 4) is 0 Å². The Morgan fingerprint density at radius 2 is 2.06 bits per heavy atom. The summed E-state index contributed by atoms with van der Waals surface area (Å²) < 4.78 is 27.3. The Balaban J connectivity index is 2.30. The number of benzene rings is 1. The molecular weight excluding hydrogens is 338 g/mol. The fourth-order valence-electron chi connectivity index (χ4n) is 1.33. The Morgan fingerprint density at radius 1 is 1.33 bits per heavy atom. The lowest BCUT2D eigenvalue weighted by Gasteiger charge is -2.07. The third-order valence-corrected chi connectivity index (χ3v) is 5.32. The normalized spacial score (nSPS) is 11.4. The predicted octanol–water partition coefficient (Wildman–Crippen LogP) is 2.80. The van der Waals surface area contributed by atoms with E-state index in [0.29, 0.717) is 15.0 Å². The molecule has 0 aliphatic rings. The summed E-state index contributed by atoms with van der Waals surface area (Å²) in [7, 11) is -3.61. The first-order chi connectivity index (χ1) is 8.53. The number of sulfonamides is 1. The monoisotopic (exact) mass is 347 g/mol. The van der Waals surface area contributed by atoms with E-state index in [-0.39, 0.29) is 11.5 Å². The second-order valence-corrected chi connectivity index (χ2v) is 7.02. The number of rotatable bonds is 4. The van der Waals surface area contributed by atoms with Gasteiger partial charge < -0.3 is 5.11 Å². The summed E-state index contributed by atoms with van der Waals surface area (Å²) >= 11 is 4.49. The van der Waals surface area contributed by atoms with E-state index in [1.807, 2.05) is 0 Å². The lowest BCUT2D eigenvalue weighted by Crippen LogP contribution is -2.12. The first kappa shape index (κ1) is 13.5. The van der Waals surface area contributed by atoms with Gasteiger partial charge in [0.2, 0.25) is 0 Å². The van der Waals surface area contributed by atoms with Crippen LogP contribution in [-0.2, 0) is 16.6 Å². The largest absolute Gasteiger partial charge is 0.391 e. The molecule has 0 saturated heterocycles. The summed E-state index contributed by atoms with van der Waals surface area (Å²) in [4.78, 5) is 0.773. The van der Waals surface area contributed by atoms with Crippen LogP contribution in [0.2, 0.25) is 0 Å². The molecular formula is C11H10BrNO3S2. The van der Waals surface area contributed by atoms with Gasteiger partial charge in [0.25, 0.3) is 10.0 Å². The van der Waals surface area contributed by atoms with Gasteiger partial charge in [0.1, 0.15) is 0 Å². The summed E-state index contributed by atoms with van der Waals surface area (Å²) in [6, 6.07) is 8.43. The van der Waals surface area contributed by atoms with Gasteiger partial charge in [0.05, 0.1) is 17.2 Å². The maximum absolute atomic E-state index is 12.1. The zero-order valence-electron chi connectivity index (χ0n) is 9.13. The van der Waals surface area contributed by atoms with Crippen LogP contribution in [0.4, 0.5) is 5.69 Å². The van der Waals surface area contributed by atoms with Crippen LogP contribution in [0.3, 0.4) is 0 Å². The summed E-state index contributed by atoms with van der Waals surface area (Å²) in [6.45, 7) is -0.158. The van der Waals surface area contributed by atoms with Gasteiger partial charge in [-0.3, -0.25) is 4.72 Å². The second kappa shape index (κ2) is 5.40. The van der Waals surface area contributed by atoms with Crippen LogP contribution in [0.5, 0.6) is 0 Å².